The minimum Gasteiger partial charge on any atom is -0.338 e. The second kappa shape index (κ2) is 5.00. The average molecular weight is 365 g/mol. The largest absolute Gasteiger partial charge is 0.338 e. The summed E-state index contributed by atoms with van der Waals surface area (Å²) in [6.45, 7) is 0. The Morgan fingerprint density at radius 1 is 1.56 bits per heavy atom. The summed E-state index contributed by atoms with van der Waals surface area (Å²) in [5, 5.41) is 0. The van der Waals surface area contributed by atoms with Gasteiger partial charge in [-0.05, 0) is 43.5 Å². The molecule has 0 amide bonds. The predicted octanol–water partition coefficient (Wildman–Crippen LogP) is 3.25. The minimum atomic E-state index is -0.0296. The smallest absolute Gasteiger partial charge is 0.110 e. The van der Waals surface area contributed by atoms with Gasteiger partial charge in [-0.1, -0.05) is 0 Å². The Balaban J connectivity index is 2.17. The number of imidazole rings is 1. The Kier molecular flexibility index (Phi) is 3.84. The van der Waals surface area contributed by atoms with Gasteiger partial charge in [0, 0.05) is 31.9 Å². The van der Waals surface area contributed by atoms with Crippen molar-refractivity contribution in [2.24, 2.45) is 12.8 Å². The zero-order chi connectivity index (χ0) is 11.7. The molecule has 0 spiro atoms. The number of rotatable bonds is 3. The zero-order valence-electron chi connectivity index (χ0n) is 8.65. The lowest BCUT2D eigenvalue weighted by Gasteiger charge is -2.10. The van der Waals surface area contributed by atoms with Crippen LogP contribution in [-0.2, 0) is 13.5 Å². The van der Waals surface area contributed by atoms with Gasteiger partial charge >= 0.3 is 0 Å². The third kappa shape index (κ3) is 2.56. The first-order valence-corrected chi connectivity index (χ1v) is 7.14. The van der Waals surface area contributed by atoms with Crippen molar-refractivity contribution in [3.8, 4) is 0 Å². The van der Waals surface area contributed by atoms with E-state index in [9.17, 15) is 0 Å². The summed E-state index contributed by atoms with van der Waals surface area (Å²) in [6, 6.07) is 2.03. The summed E-state index contributed by atoms with van der Waals surface area (Å²) in [5.74, 6) is 1.00. The molecule has 0 aliphatic heterocycles. The lowest BCUT2D eigenvalue weighted by Crippen LogP contribution is -2.15. The molecule has 0 saturated heterocycles. The summed E-state index contributed by atoms with van der Waals surface area (Å²) in [6.07, 6.45) is 4.46. The summed E-state index contributed by atoms with van der Waals surface area (Å²) >= 11 is 8.62. The van der Waals surface area contributed by atoms with Gasteiger partial charge in [-0.25, -0.2) is 4.98 Å². The summed E-state index contributed by atoms with van der Waals surface area (Å²) in [5.41, 5.74) is 7.30. The van der Waals surface area contributed by atoms with Crippen LogP contribution in [0.1, 0.15) is 17.4 Å². The van der Waals surface area contributed by atoms with Gasteiger partial charge in [-0.15, -0.1) is 11.3 Å². The normalized spacial score (nSPS) is 13.0. The van der Waals surface area contributed by atoms with Gasteiger partial charge in [-0.2, -0.15) is 0 Å². The van der Waals surface area contributed by atoms with E-state index in [1.165, 1.54) is 0 Å². The maximum atomic E-state index is 6.17. The highest BCUT2D eigenvalue weighted by Crippen LogP contribution is 2.35. The Labute approximate surface area is 115 Å². The Morgan fingerprint density at radius 3 is 2.81 bits per heavy atom. The van der Waals surface area contributed by atoms with Crippen molar-refractivity contribution in [1.82, 2.24) is 9.55 Å². The second-order valence-electron chi connectivity index (χ2n) is 3.54. The Bertz CT molecular complexity index is 492. The Hall–Kier alpha value is -0.170. The molecular weight excluding hydrogens is 354 g/mol. The lowest BCUT2D eigenvalue weighted by molar-refractivity contribution is 0.659. The van der Waals surface area contributed by atoms with Crippen LogP contribution in [0.2, 0.25) is 0 Å². The Morgan fingerprint density at radius 2 is 2.31 bits per heavy atom. The summed E-state index contributed by atoms with van der Waals surface area (Å²) in [4.78, 5) is 4.28. The third-order valence-corrected chi connectivity index (χ3v) is 4.79. The van der Waals surface area contributed by atoms with Crippen molar-refractivity contribution in [2.75, 3.05) is 0 Å². The van der Waals surface area contributed by atoms with E-state index < -0.39 is 0 Å². The number of thiophene rings is 1. The summed E-state index contributed by atoms with van der Waals surface area (Å²) in [7, 11) is 1.98. The molecule has 16 heavy (non-hydrogen) atoms. The standard InChI is InChI=1S/C10H11Br2N3S/c1-15-3-2-14-9(15)5-7(13)6-4-8(11)16-10(6)12/h2-4,7H,5,13H2,1H3. The fraction of sp³-hybridized carbons (Fsp3) is 0.300. The van der Waals surface area contributed by atoms with Crippen LogP contribution in [0.3, 0.4) is 0 Å². The van der Waals surface area contributed by atoms with Gasteiger partial charge in [0.1, 0.15) is 5.82 Å². The molecule has 3 nitrogen and oxygen atoms in total. The maximum Gasteiger partial charge on any atom is 0.110 e. The van der Waals surface area contributed by atoms with E-state index in [0.717, 1.165) is 25.4 Å². The number of aryl methyl sites for hydroxylation is 1. The molecule has 0 aliphatic carbocycles. The molecule has 0 fully saturated rings. The third-order valence-electron chi connectivity index (χ3n) is 2.41. The summed E-state index contributed by atoms with van der Waals surface area (Å²) < 4.78 is 4.17. The molecule has 1 atom stereocenters. The molecular formula is C10H11Br2N3S. The first-order chi connectivity index (χ1) is 7.58. The SMILES string of the molecule is Cn1ccnc1CC(N)c1cc(Br)sc1Br. The van der Waals surface area contributed by atoms with Crippen LogP contribution >= 0.6 is 43.2 Å². The molecule has 2 rings (SSSR count). The van der Waals surface area contributed by atoms with E-state index >= 15 is 0 Å². The monoisotopic (exact) mass is 363 g/mol. The number of hydrogen-bond donors (Lipinski definition) is 1. The molecule has 0 aromatic carbocycles. The van der Waals surface area contributed by atoms with Crippen LogP contribution in [-0.4, -0.2) is 9.55 Å². The van der Waals surface area contributed by atoms with Crippen LogP contribution in [0.5, 0.6) is 0 Å². The number of hydrogen-bond acceptors (Lipinski definition) is 3. The van der Waals surface area contributed by atoms with Gasteiger partial charge in [0.25, 0.3) is 0 Å². The predicted molar refractivity (Wildman–Crippen MR) is 73.6 cm³/mol. The fourth-order valence-corrected chi connectivity index (χ4v) is 4.51. The molecule has 0 saturated carbocycles. The van der Waals surface area contributed by atoms with Crippen molar-refractivity contribution in [2.45, 2.75) is 12.5 Å². The highest BCUT2D eigenvalue weighted by molar-refractivity contribution is 9.12. The van der Waals surface area contributed by atoms with Gasteiger partial charge in [0.2, 0.25) is 0 Å². The average Bonchev–Trinajstić information content (AvgIpc) is 2.74. The minimum absolute atomic E-state index is 0.0296. The van der Waals surface area contributed by atoms with E-state index in [0.29, 0.717) is 0 Å². The maximum absolute atomic E-state index is 6.17. The fourth-order valence-electron chi connectivity index (χ4n) is 1.51. The first-order valence-electron chi connectivity index (χ1n) is 4.74. The number of aromatic nitrogens is 2. The number of halogens is 2. The van der Waals surface area contributed by atoms with E-state index in [-0.39, 0.29) is 6.04 Å². The molecule has 1 unspecified atom stereocenters. The van der Waals surface area contributed by atoms with Gasteiger partial charge < -0.3 is 10.3 Å². The van der Waals surface area contributed by atoms with Crippen molar-refractivity contribution in [3.05, 3.63) is 37.4 Å². The first kappa shape index (κ1) is 12.3. The van der Waals surface area contributed by atoms with Crippen LogP contribution in [0, 0.1) is 0 Å². The molecule has 6 heteroatoms. The zero-order valence-corrected chi connectivity index (χ0v) is 12.6. The molecule has 2 heterocycles. The van der Waals surface area contributed by atoms with E-state index in [2.05, 4.69) is 42.9 Å². The van der Waals surface area contributed by atoms with Crippen molar-refractivity contribution in [3.63, 3.8) is 0 Å². The highest BCUT2D eigenvalue weighted by atomic mass is 79.9. The van der Waals surface area contributed by atoms with Gasteiger partial charge in [0.15, 0.2) is 0 Å². The van der Waals surface area contributed by atoms with Gasteiger partial charge in [0.05, 0.1) is 7.57 Å². The molecule has 2 aromatic rings. The van der Waals surface area contributed by atoms with E-state index in [4.69, 9.17) is 5.73 Å². The number of nitrogens with two attached hydrogens (primary N) is 1. The molecule has 0 radical (unpaired) electrons. The van der Waals surface area contributed by atoms with Gasteiger partial charge in [-0.3, -0.25) is 0 Å². The van der Waals surface area contributed by atoms with Crippen LogP contribution in [0.4, 0.5) is 0 Å². The lowest BCUT2D eigenvalue weighted by atomic mass is 10.1. The van der Waals surface area contributed by atoms with E-state index in [1.54, 1.807) is 17.5 Å². The quantitative estimate of drug-likeness (QED) is 0.908. The number of nitrogens with zero attached hydrogens (tertiary/aromatic N) is 2. The molecule has 2 aromatic heterocycles. The van der Waals surface area contributed by atoms with Crippen LogP contribution in [0.25, 0.3) is 0 Å². The molecule has 2 N–H and O–H groups in total. The second-order valence-corrected chi connectivity index (χ2v) is 7.29. The van der Waals surface area contributed by atoms with Crippen molar-refractivity contribution in [1.29, 1.82) is 0 Å². The van der Waals surface area contributed by atoms with Crippen LogP contribution < -0.4 is 5.73 Å². The highest BCUT2D eigenvalue weighted by Gasteiger charge is 2.15. The van der Waals surface area contributed by atoms with Crippen LogP contribution in [0.15, 0.2) is 26.0 Å². The van der Waals surface area contributed by atoms with E-state index in [1.807, 2.05) is 17.8 Å². The molecule has 0 aliphatic rings. The van der Waals surface area contributed by atoms with Crippen molar-refractivity contribution >= 4 is 43.2 Å². The molecule has 86 valence electrons. The topological polar surface area (TPSA) is 43.8 Å². The molecule has 0 bridgehead atoms. The van der Waals surface area contributed by atoms with Crippen molar-refractivity contribution < 1.29 is 0 Å².